The minimum Gasteiger partial charge on any atom is -0.455 e. The summed E-state index contributed by atoms with van der Waals surface area (Å²) < 4.78 is 11.8. The van der Waals surface area contributed by atoms with Gasteiger partial charge in [-0.1, -0.05) is 128 Å². The average molecular weight is 732 g/mol. The third-order valence-corrected chi connectivity index (χ3v) is 10.9. The van der Waals surface area contributed by atoms with Crippen molar-refractivity contribution in [3.8, 4) is 34.2 Å². The predicted molar refractivity (Wildman–Crippen MR) is 235 cm³/mol. The van der Waals surface area contributed by atoms with Gasteiger partial charge >= 0.3 is 0 Å². The first-order chi connectivity index (χ1) is 28.2. The fourth-order valence-electron chi connectivity index (χ4n) is 8.47. The van der Waals surface area contributed by atoms with Gasteiger partial charge in [-0.05, 0) is 60.7 Å². The van der Waals surface area contributed by atoms with E-state index in [0.29, 0.717) is 17.5 Å². The van der Waals surface area contributed by atoms with Crippen LogP contribution in [0, 0.1) is 0 Å². The molecule has 7 aromatic carbocycles. The quantitative estimate of drug-likeness (QED) is 0.153. The standard InChI is InChI=1S/C51H33N5O/c1-3-17-32(4-2)49-52-50(33-18-7-5-8-19-33)54-51(53-49)39-24-13-16-27-42(39)56-41-26-15-12-23-38(41)46-44(56)31-29-36-35-28-30-43-45(47(35)57-48(36)46)37-22-11-14-25-40(37)55(43)34-20-9-6-10-21-34/h3-31H,1-2H2/b32-17+. The van der Waals surface area contributed by atoms with E-state index in [2.05, 4.69) is 144 Å². The number of furan rings is 1. The highest BCUT2D eigenvalue weighted by molar-refractivity contribution is 6.29. The van der Waals surface area contributed by atoms with Gasteiger partial charge in [-0.2, -0.15) is 0 Å². The monoisotopic (exact) mass is 731 g/mol. The van der Waals surface area contributed by atoms with Crippen LogP contribution in [0.1, 0.15) is 5.82 Å². The zero-order valence-corrected chi connectivity index (χ0v) is 30.8. The van der Waals surface area contributed by atoms with Crippen LogP contribution in [0.25, 0.3) is 105 Å². The number of benzene rings is 7. The minimum atomic E-state index is 0.523. The third-order valence-electron chi connectivity index (χ3n) is 10.9. The first kappa shape index (κ1) is 32.6. The molecule has 0 bridgehead atoms. The molecule has 0 aliphatic heterocycles. The van der Waals surface area contributed by atoms with E-state index in [0.717, 1.165) is 93.6 Å². The molecule has 0 fully saturated rings. The summed E-state index contributed by atoms with van der Waals surface area (Å²) in [5, 5.41) is 6.58. The van der Waals surface area contributed by atoms with Gasteiger partial charge in [0.1, 0.15) is 11.2 Å². The highest BCUT2D eigenvalue weighted by Crippen LogP contribution is 2.45. The summed E-state index contributed by atoms with van der Waals surface area (Å²) in [5.74, 6) is 1.65. The number of allylic oxidation sites excluding steroid dienone is 4. The Bertz CT molecular complexity index is 3440. The molecule has 0 spiro atoms. The van der Waals surface area contributed by atoms with Crippen LogP contribution in [0.4, 0.5) is 0 Å². The second-order valence-corrected chi connectivity index (χ2v) is 14.1. The topological polar surface area (TPSA) is 61.7 Å². The lowest BCUT2D eigenvalue weighted by molar-refractivity contribution is 0.677. The summed E-state index contributed by atoms with van der Waals surface area (Å²) in [7, 11) is 0. The van der Waals surface area contributed by atoms with Crippen molar-refractivity contribution in [3.05, 3.63) is 195 Å². The predicted octanol–water partition coefficient (Wildman–Crippen LogP) is 13.1. The highest BCUT2D eigenvalue weighted by atomic mass is 16.3. The average Bonchev–Trinajstić information content (AvgIpc) is 3.93. The maximum atomic E-state index is 7.17. The summed E-state index contributed by atoms with van der Waals surface area (Å²) >= 11 is 0. The normalized spacial score (nSPS) is 12.1. The molecule has 0 aliphatic rings. The fraction of sp³-hybridized carbons (Fsp3) is 0. The maximum absolute atomic E-state index is 7.17. The summed E-state index contributed by atoms with van der Waals surface area (Å²) in [4.78, 5) is 15.1. The van der Waals surface area contributed by atoms with Crippen LogP contribution in [0.3, 0.4) is 0 Å². The molecule has 6 heteroatoms. The van der Waals surface area contributed by atoms with Gasteiger partial charge in [-0.3, -0.25) is 0 Å². The molecule has 0 saturated heterocycles. The van der Waals surface area contributed by atoms with Crippen molar-refractivity contribution in [1.82, 2.24) is 24.1 Å². The van der Waals surface area contributed by atoms with Crippen molar-refractivity contribution in [2.75, 3.05) is 0 Å². The van der Waals surface area contributed by atoms with Crippen LogP contribution >= 0.6 is 0 Å². The van der Waals surface area contributed by atoms with Crippen molar-refractivity contribution >= 4 is 71.1 Å². The Balaban J connectivity index is 1.19. The van der Waals surface area contributed by atoms with Gasteiger partial charge in [0.25, 0.3) is 0 Å². The molecular weight excluding hydrogens is 699 g/mol. The van der Waals surface area contributed by atoms with Crippen LogP contribution in [0.5, 0.6) is 0 Å². The third kappa shape index (κ3) is 4.94. The van der Waals surface area contributed by atoms with Gasteiger partial charge in [0.2, 0.25) is 0 Å². The van der Waals surface area contributed by atoms with E-state index >= 15 is 0 Å². The van der Waals surface area contributed by atoms with E-state index in [4.69, 9.17) is 19.4 Å². The molecule has 0 amide bonds. The number of nitrogens with zero attached hydrogens (tertiary/aromatic N) is 5. The molecule has 0 atom stereocenters. The molecule has 11 aromatic rings. The number of aromatic nitrogens is 5. The first-order valence-corrected chi connectivity index (χ1v) is 18.9. The van der Waals surface area contributed by atoms with E-state index in [1.807, 2.05) is 42.5 Å². The van der Waals surface area contributed by atoms with E-state index in [9.17, 15) is 0 Å². The molecule has 0 N–H and O–H groups in total. The molecule has 0 aliphatic carbocycles. The molecule has 57 heavy (non-hydrogen) atoms. The fourth-order valence-corrected chi connectivity index (χ4v) is 8.47. The van der Waals surface area contributed by atoms with Crippen LogP contribution < -0.4 is 0 Å². The Kier molecular flexibility index (Phi) is 7.37. The lowest BCUT2D eigenvalue weighted by atomic mass is 10.1. The molecule has 0 unspecified atom stereocenters. The highest BCUT2D eigenvalue weighted by Gasteiger charge is 2.24. The molecule has 0 saturated carbocycles. The van der Waals surface area contributed by atoms with E-state index in [-0.39, 0.29) is 0 Å². The first-order valence-electron chi connectivity index (χ1n) is 18.9. The van der Waals surface area contributed by atoms with Gasteiger partial charge in [-0.15, -0.1) is 0 Å². The smallest absolute Gasteiger partial charge is 0.166 e. The minimum absolute atomic E-state index is 0.523. The molecular formula is C51H33N5O. The summed E-state index contributed by atoms with van der Waals surface area (Å²) in [5.41, 5.74) is 10.6. The number of hydrogen-bond donors (Lipinski definition) is 0. The molecule has 4 aromatic heterocycles. The lowest BCUT2D eigenvalue weighted by Gasteiger charge is -2.14. The SMILES string of the molecule is C=C/C=C(\C=C)c1nc(-c2ccccc2)nc(-c2ccccc2-n2c3ccccc3c3c4oc5c(ccc6c5c5ccccc5n6-c5ccccc5)c4ccc32)n1. The summed E-state index contributed by atoms with van der Waals surface area (Å²) in [6.07, 6.45) is 5.34. The van der Waals surface area contributed by atoms with E-state index in [1.54, 1.807) is 12.2 Å². The zero-order valence-electron chi connectivity index (χ0n) is 30.8. The van der Waals surface area contributed by atoms with Gasteiger partial charge in [0, 0.05) is 43.9 Å². The van der Waals surface area contributed by atoms with Crippen molar-refractivity contribution in [2.45, 2.75) is 0 Å². The second-order valence-electron chi connectivity index (χ2n) is 14.1. The summed E-state index contributed by atoms with van der Waals surface area (Å²) in [6, 6.07) is 54.8. The van der Waals surface area contributed by atoms with Crippen LogP contribution in [-0.2, 0) is 0 Å². The molecule has 268 valence electrons. The van der Waals surface area contributed by atoms with E-state index in [1.165, 1.54) is 0 Å². The van der Waals surface area contributed by atoms with Gasteiger partial charge < -0.3 is 13.6 Å². The Morgan fingerprint density at radius 2 is 1.05 bits per heavy atom. The van der Waals surface area contributed by atoms with Crippen molar-refractivity contribution in [2.24, 2.45) is 0 Å². The van der Waals surface area contributed by atoms with Crippen molar-refractivity contribution < 1.29 is 4.42 Å². The Morgan fingerprint density at radius 3 is 1.72 bits per heavy atom. The van der Waals surface area contributed by atoms with Crippen LogP contribution in [0.15, 0.2) is 194 Å². The van der Waals surface area contributed by atoms with Crippen molar-refractivity contribution in [1.29, 1.82) is 0 Å². The van der Waals surface area contributed by atoms with Crippen molar-refractivity contribution in [3.63, 3.8) is 0 Å². The van der Waals surface area contributed by atoms with Crippen LogP contribution in [-0.4, -0.2) is 24.1 Å². The number of rotatable bonds is 7. The summed E-state index contributed by atoms with van der Waals surface area (Å²) in [6.45, 7) is 7.95. The zero-order chi connectivity index (χ0) is 38.0. The lowest BCUT2D eigenvalue weighted by Crippen LogP contribution is -2.05. The number of fused-ring (bicyclic) bond motifs is 11. The largest absolute Gasteiger partial charge is 0.455 e. The second kappa shape index (κ2) is 12.9. The van der Waals surface area contributed by atoms with Crippen LogP contribution in [0.2, 0.25) is 0 Å². The molecule has 0 radical (unpaired) electrons. The Labute approximate surface area is 327 Å². The van der Waals surface area contributed by atoms with Gasteiger partial charge in [0.15, 0.2) is 17.5 Å². The molecule has 4 heterocycles. The number of hydrogen-bond acceptors (Lipinski definition) is 4. The molecule has 6 nitrogen and oxygen atoms in total. The van der Waals surface area contributed by atoms with E-state index < -0.39 is 0 Å². The van der Waals surface area contributed by atoms with Gasteiger partial charge in [-0.25, -0.2) is 15.0 Å². The maximum Gasteiger partial charge on any atom is 0.166 e. The number of para-hydroxylation sites is 4. The Hall–Kier alpha value is -7.83. The van der Waals surface area contributed by atoms with Gasteiger partial charge in [0.05, 0.1) is 38.5 Å². The molecule has 11 rings (SSSR count). The Morgan fingerprint density at radius 1 is 0.491 bits per heavy atom.